The number of benzene rings is 1. The summed E-state index contributed by atoms with van der Waals surface area (Å²) in [4.78, 5) is 0. The van der Waals surface area contributed by atoms with E-state index in [4.69, 9.17) is 22.1 Å². The Morgan fingerprint density at radius 3 is 2.79 bits per heavy atom. The van der Waals surface area contributed by atoms with Gasteiger partial charge in [0.25, 0.3) is 0 Å². The van der Waals surface area contributed by atoms with Crippen LogP contribution in [0.1, 0.15) is 29.8 Å². The Morgan fingerprint density at radius 2 is 2.21 bits per heavy atom. The summed E-state index contributed by atoms with van der Waals surface area (Å²) in [5.74, 6) is 0.786. The van der Waals surface area contributed by atoms with Gasteiger partial charge in [-0.1, -0.05) is 23.7 Å². The van der Waals surface area contributed by atoms with Crippen LogP contribution in [0.4, 0.5) is 0 Å². The van der Waals surface area contributed by atoms with Gasteiger partial charge in [-0.3, -0.25) is 4.68 Å². The maximum absolute atomic E-state index is 6.16. The molecular weight excluding hydrogens is 262 g/mol. The van der Waals surface area contributed by atoms with Gasteiger partial charge in [-0.15, -0.1) is 0 Å². The van der Waals surface area contributed by atoms with Crippen LogP contribution in [0.15, 0.2) is 24.3 Å². The molecule has 0 unspecified atom stereocenters. The van der Waals surface area contributed by atoms with Gasteiger partial charge < -0.3 is 10.5 Å². The van der Waals surface area contributed by atoms with Crippen molar-refractivity contribution in [2.45, 2.75) is 26.5 Å². The van der Waals surface area contributed by atoms with Crippen molar-refractivity contribution in [3.05, 3.63) is 46.2 Å². The molecule has 2 N–H and O–H groups in total. The highest BCUT2D eigenvalue weighted by molar-refractivity contribution is 6.30. The van der Waals surface area contributed by atoms with E-state index in [1.807, 2.05) is 45.2 Å². The van der Waals surface area contributed by atoms with Crippen molar-refractivity contribution >= 4 is 11.6 Å². The summed E-state index contributed by atoms with van der Waals surface area (Å²) in [5.41, 5.74) is 8.70. The van der Waals surface area contributed by atoms with Gasteiger partial charge in [0.2, 0.25) is 0 Å². The number of rotatable bonds is 4. The highest BCUT2D eigenvalue weighted by Crippen LogP contribution is 2.22. The summed E-state index contributed by atoms with van der Waals surface area (Å²) >= 11 is 6.16. The normalized spacial score (nSPS) is 12.5. The van der Waals surface area contributed by atoms with E-state index in [1.165, 1.54) is 0 Å². The molecule has 0 aliphatic rings. The van der Waals surface area contributed by atoms with Gasteiger partial charge in [0.05, 0.1) is 5.69 Å². The first-order chi connectivity index (χ1) is 8.99. The molecular formula is C14H18ClN3O. The maximum atomic E-state index is 6.16. The van der Waals surface area contributed by atoms with Crippen molar-refractivity contribution < 1.29 is 4.74 Å². The molecule has 0 spiro atoms. The third-order valence-corrected chi connectivity index (χ3v) is 3.51. The molecule has 1 aromatic heterocycles. The SMILES string of the molecule is Cc1nn(C)c(Cl)c1COc1cccc([C@@H](C)N)c1. The zero-order chi connectivity index (χ0) is 14.0. The van der Waals surface area contributed by atoms with E-state index >= 15 is 0 Å². The van der Waals surface area contributed by atoms with Crippen LogP contribution in [0.2, 0.25) is 5.15 Å². The lowest BCUT2D eigenvalue weighted by Gasteiger charge is -2.10. The van der Waals surface area contributed by atoms with Crippen molar-refractivity contribution in [3.63, 3.8) is 0 Å². The van der Waals surface area contributed by atoms with E-state index in [1.54, 1.807) is 4.68 Å². The molecule has 1 heterocycles. The number of ether oxygens (including phenoxy) is 1. The number of nitrogens with two attached hydrogens (primary N) is 1. The first kappa shape index (κ1) is 13.9. The summed E-state index contributed by atoms with van der Waals surface area (Å²) in [5, 5.41) is 4.87. The molecule has 1 aromatic carbocycles. The maximum Gasteiger partial charge on any atom is 0.133 e. The molecule has 102 valence electrons. The number of aryl methyl sites for hydroxylation is 2. The van der Waals surface area contributed by atoms with E-state index in [2.05, 4.69) is 5.10 Å². The molecule has 5 heteroatoms. The average molecular weight is 280 g/mol. The lowest BCUT2D eigenvalue weighted by Crippen LogP contribution is -2.05. The Kier molecular flexibility index (Phi) is 4.12. The largest absolute Gasteiger partial charge is 0.489 e. The molecule has 0 saturated carbocycles. The van der Waals surface area contributed by atoms with E-state index in [0.717, 1.165) is 22.6 Å². The smallest absolute Gasteiger partial charge is 0.133 e. The van der Waals surface area contributed by atoms with Crippen LogP contribution in [-0.4, -0.2) is 9.78 Å². The predicted molar refractivity (Wildman–Crippen MR) is 76.3 cm³/mol. The third-order valence-electron chi connectivity index (χ3n) is 3.04. The Hall–Kier alpha value is -1.52. The second-order valence-corrected chi connectivity index (χ2v) is 4.99. The fourth-order valence-electron chi connectivity index (χ4n) is 1.88. The molecule has 0 fully saturated rings. The van der Waals surface area contributed by atoms with Gasteiger partial charge >= 0.3 is 0 Å². The second kappa shape index (κ2) is 5.63. The lowest BCUT2D eigenvalue weighted by molar-refractivity contribution is 0.305. The summed E-state index contributed by atoms with van der Waals surface area (Å²) in [6, 6.07) is 7.77. The lowest BCUT2D eigenvalue weighted by atomic mass is 10.1. The Bertz CT molecular complexity index is 578. The van der Waals surface area contributed by atoms with Crippen molar-refractivity contribution in [1.82, 2.24) is 9.78 Å². The van der Waals surface area contributed by atoms with Gasteiger partial charge in [0.1, 0.15) is 17.5 Å². The molecule has 2 aromatic rings. The van der Waals surface area contributed by atoms with Crippen molar-refractivity contribution in [2.75, 3.05) is 0 Å². The topological polar surface area (TPSA) is 53.1 Å². The average Bonchev–Trinajstić information content (AvgIpc) is 2.61. The number of halogens is 1. The van der Waals surface area contributed by atoms with Gasteiger partial charge in [0.15, 0.2) is 0 Å². The number of nitrogens with zero attached hydrogens (tertiary/aromatic N) is 2. The Morgan fingerprint density at radius 1 is 1.47 bits per heavy atom. The van der Waals surface area contributed by atoms with Crippen LogP contribution < -0.4 is 10.5 Å². The van der Waals surface area contributed by atoms with E-state index < -0.39 is 0 Å². The molecule has 0 aliphatic carbocycles. The minimum Gasteiger partial charge on any atom is -0.489 e. The van der Waals surface area contributed by atoms with E-state index in [0.29, 0.717) is 11.8 Å². The molecule has 1 atom stereocenters. The molecule has 2 rings (SSSR count). The standard InChI is InChI=1S/C14H18ClN3O/c1-9(16)11-5-4-6-12(7-11)19-8-13-10(2)17-18(3)14(13)15/h4-7,9H,8,16H2,1-3H3/t9-/m1/s1. The monoisotopic (exact) mass is 279 g/mol. The zero-order valence-corrected chi connectivity index (χ0v) is 12.1. The molecule has 0 bridgehead atoms. The van der Waals surface area contributed by atoms with E-state index in [-0.39, 0.29) is 6.04 Å². The van der Waals surface area contributed by atoms with Gasteiger partial charge in [0, 0.05) is 18.7 Å². The molecule has 19 heavy (non-hydrogen) atoms. The molecule has 0 aliphatic heterocycles. The number of aromatic nitrogens is 2. The molecule has 0 amide bonds. The highest BCUT2D eigenvalue weighted by atomic mass is 35.5. The molecule has 4 nitrogen and oxygen atoms in total. The first-order valence-corrected chi connectivity index (χ1v) is 6.53. The van der Waals surface area contributed by atoms with Crippen LogP contribution in [0.3, 0.4) is 0 Å². The van der Waals surface area contributed by atoms with Crippen LogP contribution in [0.5, 0.6) is 5.75 Å². The molecule has 0 saturated heterocycles. The summed E-state index contributed by atoms with van der Waals surface area (Å²) in [6.07, 6.45) is 0. The third kappa shape index (κ3) is 3.08. The summed E-state index contributed by atoms with van der Waals surface area (Å²) in [7, 11) is 1.82. The highest BCUT2D eigenvalue weighted by Gasteiger charge is 2.12. The fraction of sp³-hybridized carbons (Fsp3) is 0.357. The number of hydrogen-bond donors (Lipinski definition) is 1. The summed E-state index contributed by atoms with van der Waals surface area (Å²) < 4.78 is 7.41. The zero-order valence-electron chi connectivity index (χ0n) is 11.4. The van der Waals surface area contributed by atoms with Crippen LogP contribution in [0.25, 0.3) is 0 Å². The van der Waals surface area contributed by atoms with E-state index in [9.17, 15) is 0 Å². The number of hydrogen-bond acceptors (Lipinski definition) is 3. The van der Waals surface area contributed by atoms with Gasteiger partial charge in [-0.05, 0) is 31.5 Å². The molecule has 0 radical (unpaired) electrons. The first-order valence-electron chi connectivity index (χ1n) is 6.15. The van der Waals surface area contributed by atoms with Crippen molar-refractivity contribution in [1.29, 1.82) is 0 Å². The van der Waals surface area contributed by atoms with Crippen molar-refractivity contribution in [2.24, 2.45) is 12.8 Å². The fourth-order valence-corrected chi connectivity index (χ4v) is 2.11. The van der Waals surface area contributed by atoms with Crippen LogP contribution >= 0.6 is 11.6 Å². The minimum absolute atomic E-state index is 0.00716. The quantitative estimate of drug-likeness (QED) is 0.936. The Labute approximate surface area is 118 Å². The van der Waals surface area contributed by atoms with Crippen molar-refractivity contribution in [3.8, 4) is 5.75 Å². The predicted octanol–water partition coefficient (Wildman–Crippen LogP) is 2.98. The van der Waals surface area contributed by atoms with Gasteiger partial charge in [-0.2, -0.15) is 5.10 Å². The Balaban J connectivity index is 2.12. The second-order valence-electron chi connectivity index (χ2n) is 4.63. The van der Waals surface area contributed by atoms with Crippen LogP contribution in [0, 0.1) is 6.92 Å². The minimum atomic E-state index is -0.00716. The summed E-state index contributed by atoms with van der Waals surface area (Å²) in [6.45, 7) is 4.27. The van der Waals surface area contributed by atoms with Crippen LogP contribution in [-0.2, 0) is 13.7 Å². The van der Waals surface area contributed by atoms with Gasteiger partial charge in [-0.25, -0.2) is 0 Å².